The van der Waals surface area contributed by atoms with Crippen molar-refractivity contribution in [3.05, 3.63) is 135 Å². The molecule has 0 amide bonds. The van der Waals surface area contributed by atoms with E-state index < -0.39 is 35.8 Å². The number of hydrogen-bond acceptors (Lipinski definition) is 10. The largest absolute Gasteiger partial charge is 0.423 e. The molecule has 0 fully saturated rings. The Morgan fingerprint density at radius 2 is 1.14 bits per heavy atom. The van der Waals surface area contributed by atoms with Gasteiger partial charge in [-0.05, 0) is 121 Å². The molecule has 2 atom stereocenters. The molecule has 0 N–H and O–H groups in total. The third kappa shape index (κ3) is 5.82. The van der Waals surface area contributed by atoms with Crippen molar-refractivity contribution in [2.24, 2.45) is 5.92 Å². The van der Waals surface area contributed by atoms with Crippen LogP contribution in [0.25, 0.3) is 5.57 Å². The fraction of sp³-hybridized carbons (Fsp3) is 0.179. The first-order valence-electron chi connectivity index (χ1n) is 15.6. The standard InChI is InChI=1S/C39H28O10/c1-19-14-22(23-7-12-32(20(2)15-23)46-34(40)25-5-10-28-30(17-25)38(44)48-36(28)42)4-9-27(19)24-8-13-33(21(3)16-24)47-35(41)26-6-11-29-31(18-26)39(45)49-37(29)43/h5-13,15-19,22H,4,14H2,1-3H3. The Labute approximate surface area is 280 Å². The first-order valence-corrected chi connectivity index (χ1v) is 15.6. The number of aryl methyl sites for hydroxylation is 2. The summed E-state index contributed by atoms with van der Waals surface area (Å²) in [5.41, 5.74) is 5.52. The van der Waals surface area contributed by atoms with Gasteiger partial charge in [0.1, 0.15) is 11.5 Å². The molecule has 4 aromatic carbocycles. The minimum atomic E-state index is -0.788. The second kappa shape index (κ2) is 12.1. The summed E-state index contributed by atoms with van der Waals surface area (Å²) in [5, 5.41) is 0. The van der Waals surface area contributed by atoms with Gasteiger partial charge in [0.25, 0.3) is 0 Å². The van der Waals surface area contributed by atoms with E-state index in [1.54, 1.807) is 12.1 Å². The SMILES string of the molecule is Cc1cc(C2=CCC(c3ccc(OC(=O)c4ccc5c(c4)C(=O)OC5=O)c(C)c3)CC2C)ccc1OC(=O)c1ccc2c(c1)C(=O)OC2=O. The number of allylic oxidation sites excluding steroid dienone is 2. The Balaban J connectivity index is 1.01. The van der Waals surface area contributed by atoms with Crippen LogP contribution < -0.4 is 9.47 Å². The van der Waals surface area contributed by atoms with Crippen molar-refractivity contribution in [3.63, 3.8) is 0 Å². The Morgan fingerprint density at radius 3 is 1.65 bits per heavy atom. The second-order valence-electron chi connectivity index (χ2n) is 12.4. The van der Waals surface area contributed by atoms with Crippen molar-refractivity contribution in [1.29, 1.82) is 0 Å². The fourth-order valence-electron chi connectivity index (χ4n) is 6.52. The van der Waals surface area contributed by atoms with Gasteiger partial charge in [-0.2, -0.15) is 0 Å². The highest BCUT2D eigenvalue weighted by Gasteiger charge is 2.32. The zero-order valence-electron chi connectivity index (χ0n) is 26.7. The molecule has 0 aromatic heterocycles. The Hall–Kier alpha value is -6.16. The van der Waals surface area contributed by atoms with Gasteiger partial charge in [0.15, 0.2) is 0 Å². The summed E-state index contributed by atoms with van der Waals surface area (Å²) in [6.07, 6.45) is 3.94. The van der Waals surface area contributed by atoms with Crippen LogP contribution in [0.15, 0.2) is 78.9 Å². The van der Waals surface area contributed by atoms with Gasteiger partial charge in [-0.1, -0.05) is 31.2 Å². The van der Waals surface area contributed by atoms with Crippen LogP contribution in [0.4, 0.5) is 0 Å². The van der Waals surface area contributed by atoms with Crippen molar-refractivity contribution in [1.82, 2.24) is 0 Å². The molecular weight excluding hydrogens is 628 g/mol. The molecule has 0 radical (unpaired) electrons. The van der Waals surface area contributed by atoms with Gasteiger partial charge >= 0.3 is 35.8 Å². The van der Waals surface area contributed by atoms with Crippen LogP contribution in [0.3, 0.4) is 0 Å². The lowest BCUT2D eigenvalue weighted by Gasteiger charge is -2.29. The first-order chi connectivity index (χ1) is 23.5. The summed E-state index contributed by atoms with van der Waals surface area (Å²) in [6, 6.07) is 19.7. The van der Waals surface area contributed by atoms with Gasteiger partial charge in [-0.3, -0.25) is 0 Å². The van der Waals surface area contributed by atoms with Gasteiger partial charge in [0.05, 0.1) is 33.4 Å². The molecule has 1 aliphatic carbocycles. The van der Waals surface area contributed by atoms with E-state index in [1.807, 2.05) is 38.1 Å². The lowest BCUT2D eigenvalue weighted by Crippen LogP contribution is -2.14. The predicted octanol–water partition coefficient (Wildman–Crippen LogP) is 6.96. The molecule has 244 valence electrons. The minimum absolute atomic E-state index is 0.0411. The van der Waals surface area contributed by atoms with Crippen LogP contribution in [0.5, 0.6) is 11.5 Å². The van der Waals surface area contributed by atoms with Crippen LogP contribution in [0.2, 0.25) is 0 Å². The van der Waals surface area contributed by atoms with E-state index in [0.717, 1.165) is 35.1 Å². The van der Waals surface area contributed by atoms with Crippen molar-refractivity contribution in [3.8, 4) is 11.5 Å². The van der Waals surface area contributed by atoms with Gasteiger partial charge < -0.3 is 18.9 Å². The molecule has 7 rings (SSSR count). The highest BCUT2D eigenvalue weighted by Crippen LogP contribution is 2.41. The molecule has 0 spiro atoms. The van der Waals surface area contributed by atoms with Crippen LogP contribution in [-0.4, -0.2) is 35.8 Å². The number of benzene rings is 4. The van der Waals surface area contributed by atoms with E-state index in [9.17, 15) is 28.8 Å². The number of ether oxygens (including phenoxy) is 4. The van der Waals surface area contributed by atoms with Gasteiger partial charge in [0.2, 0.25) is 0 Å². The molecule has 0 bridgehead atoms. The number of carbonyl (C=O) groups excluding carboxylic acids is 6. The third-order valence-electron chi connectivity index (χ3n) is 9.14. The zero-order valence-corrected chi connectivity index (χ0v) is 26.7. The smallest absolute Gasteiger partial charge is 0.346 e. The molecule has 0 saturated carbocycles. The number of cyclic esters (lactones) is 4. The molecule has 0 saturated heterocycles. The van der Waals surface area contributed by atoms with Gasteiger partial charge in [-0.15, -0.1) is 0 Å². The van der Waals surface area contributed by atoms with Gasteiger partial charge in [-0.25, -0.2) is 28.8 Å². The molecule has 3 aliphatic rings. The van der Waals surface area contributed by atoms with Crippen LogP contribution in [-0.2, 0) is 9.47 Å². The summed E-state index contributed by atoms with van der Waals surface area (Å²) in [7, 11) is 0. The molecule has 10 nitrogen and oxygen atoms in total. The van der Waals surface area contributed by atoms with Crippen molar-refractivity contribution < 1.29 is 47.7 Å². The molecule has 10 heteroatoms. The van der Waals surface area contributed by atoms with E-state index in [-0.39, 0.29) is 45.2 Å². The quantitative estimate of drug-likeness (QED) is 0.122. The van der Waals surface area contributed by atoms with Gasteiger partial charge in [0, 0.05) is 0 Å². The molecule has 2 unspecified atom stereocenters. The van der Waals surface area contributed by atoms with E-state index in [4.69, 9.17) is 9.47 Å². The fourth-order valence-corrected chi connectivity index (χ4v) is 6.52. The topological polar surface area (TPSA) is 139 Å². The number of carbonyl (C=O) groups is 6. The second-order valence-corrected chi connectivity index (χ2v) is 12.4. The molecule has 4 aromatic rings. The van der Waals surface area contributed by atoms with Crippen molar-refractivity contribution in [2.75, 3.05) is 0 Å². The number of hydrogen-bond donors (Lipinski definition) is 0. The predicted molar refractivity (Wildman–Crippen MR) is 174 cm³/mol. The summed E-state index contributed by atoms with van der Waals surface area (Å²) < 4.78 is 20.5. The lowest BCUT2D eigenvalue weighted by molar-refractivity contribution is 0.0425. The maximum Gasteiger partial charge on any atom is 0.346 e. The van der Waals surface area contributed by atoms with E-state index in [0.29, 0.717) is 11.5 Å². The molecule has 2 aliphatic heterocycles. The van der Waals surface area contributed by atoms with Crippen LogP contribution >= 0.6 is 0 Å². The average Bonchev–Trinajstić information content (AvgIpc) is 3.54. The van der Waals surface area contributed by atoms with E-state index >= 15 is 0 Å². The third-order valence-corrected chi connectivity index (χ3v) is 9.14. The summed E-state index contributed by atoms with van der Waals surface area (Å²) in [5.74, 6) is -3.06. The highest BCUT2D eigenvalue weighted by atomic mass is 16.6. The summed E-state index contributed by atoms with van der Waals surface area (Å²) >= 11 is 0. The van der Waals surface area contributed by atoms with Crippen LogP contribution in [0, 0.1) is 19.8 Å². The number of esters is 6. The zero-order chi connectivity index (χ0) is 34.6. The summed E-state index contributed by atoms with van der Waals surface area (Å²) in [4.78, 5) is 72.9. The highest BCUT2D eigenvalue weighted by molar-refractivity contribution is 6.16. The monoisotopic (exact) mass is 656 g/mol. The number of rotatable bonds is 6. The Kier molecular flexibility index (Phi) is 7.78. The number of fused-ring (bicyclic) bond motifs is 2. The van der Waals surface area contributed by atoms with E-state index in [2.05, 4.69) is 22.5 Å². The first kappa shape index (κ1) is 31.4. The average molecular weight is 657 g/mol. The lowest BCUT2D eigenvalue weighted by atomic mass is 9.76. The molecular formula is C39H28O10. The normalized spacial score (nSPS) is 17.9. The van der Waals surface area contributed by atoms with E-state index in [1.165, 1.54) is 42.0 Å². The molecule has 49 heavy (non-hydrogen) atoms. The van der Waals surface area contributed by atoms with Crippen molar-refractivity contribution >= 4 is 41.4 Å². The Morgan fingerprint density at radius 1 is 0.633 bits per heavy atom. The summed E-state index contributed by atoms with van der Waals surface area (Å²) in [6.45, 7) is 5.90. The molecule has 2 heterocycles. The van der Waals surface area contributed by atoms with Crippen LogP contribution in [0.1, 0.15) is 110 Å². The maximum atomic E-state index is 12.9. The Bertz CT molecular complexity index is 2190. The minimum Gasteiger partial charge on any atom is -0.423 e. The maximum absolute atomic E-state index is 12.9. The van der Waals surface area contributed by atoms with Crippen molar-refractivity contribution in [2.45, 2.75) is 39.5 Å².